The van der Waals surface area contributed by atoms with E-state index >= 15 is 0 Å². The average molecular weight is 334 g/mol. The molecule has 0 atom stereocenters. The smallest absolute Gasteiger partial charge is 0.269 e. The molecule has 23 heavy (non-hydrogen) atoms. The molecule has 2 N–H and O–H groups in total. The van der Waals surface area contributed by atoms with E-state index in [4.69, 9.17) is 16.3 Å². The number of methoxy groups -OCH3 is 1. The van der Waals surface area contributed by atoms with Gasteiger partial charge in [-0.1, -0.05) is 11.6 Å². The van der Waals surface area contributed by atoms with E-state index in [-0.39, 0.29) is 17.5 Å². The Kier molecular flexibility index (Phi) is 6.08. The van der Waals surface area contributed by atoms with Crippen molar-refractivity contribution in [1.29, 1.82) is 0 Å². The zero-order valence-electron chi connectivity index (χ0n) is 12.5. The topological polar surface area (TPSA) is 80.3 Å². The summed E-state index contributed by atoms with van der Waals surface area (Å²) >= 11 is 5.80. The highest BCUT2D eigenvalue weighted by molar-refractivity contribution is 6.30. The average Bonchev–Trinajstić information content (AvgIpc) is 2.57. The number of halogens is 1. The molecule has 6 nitrogen and oxygen atoms in total. The van der Waals surface area contributed by atoms with Crippen LogP contribution in [0.25, 0.3) is 0 Å². The maximum Gasteiger partial charge on any atom is 0.269 e. The van der Waals surface area contributed by atoms with Crippen LogP contribution in [0.15, 0.2) is 42.6 Å². The van der Waals surface area contributed by atoms with Crippen molar-refractivity contribution in [3.8, 4) is 0 Å². The number of anilines is 1. The monoisotopic (exact) mass is 333 g/mol. The summed E-state index contributed by atoms with van der Waals surface area (Å²) in [6, 6.07) is 9.72. The van der Waals surface area contributed by atoms with Crippen molar-refractivity contribution < 1.29 is 14.3 Å². The van der Waals surface area contributed by atoms with E-state index in [1.54, 1.807) is 31.4 Å². The van der Waals surface area contributed by atoms with E-state index in [9.17, 15) is 9.59 Å². The largest absolute Gasteiger partial charge is 0.383 e. The second kappa shape index (κ2) is 8.26. The van der Waals surface area contributed by atoms with Crippen molar-refractivity contribution in [3.63, 3.8) is 0 Å². The Bertz CT molecular complexity index is 689. The van der Waals surface area contributed by atoms with Gasteiger partial charge < -0.3 is 15.4 Å². The van der Waals surface area contributed by atoms with Crippen molar-refractivity contribution in [2.45, 2.75) is 0 Å². The van der Waals surface area contributed by atoms with Crippen LogP contribution in [0.2, 0.25) is 5.02 Å². The predicted octanol–water partition coefficient (Wildman–Crippen LogP) is 2.36. The summed E-state index contributed by atoms with van der Waals surface area (Å²) in [6.07, 6.45) is 1.42. The Labute approximate surface area is 138 Å². The van der Waals surface area contributed by atoms with Crippen LogP contribution in [0, 0.1) is 0 Å². The fourth-order valence-corrected chi connectivity index (χ4v) is 1.92. The van der Waals surface area contributed by atoms with Crippen LogP contribution >= 0.6 is 11.6 Å². The Balaban J connectivity index is 2.04. The number of carbonyl (C=O) groups is 2. The van der Waals surface area contributed by atoms with Gasteiger partial charge in [0.15, 0.2) is 0 Å². The van der Waals surface area contributed by atoms with E-state index in [0.29, 0.717) is 29.4 Å². The highest BCUT2D eigenvalue weighted by Gasteiger charge is 2.11. The molecular formula is C16H16ClN3O3. The van der Waals surface area contributed by atoms with E-state index < -0.39 is 0 Å². The van der Waals surface area contributed by atoms with Crippen LogP contribution in [0.5, 0.6) is 0 Å². The number of aromatic nitrogens is 1. The summed E-state index contributed by atoms with van der Waals surface area (Å²) in [5.74, 6) is -0.691. The van der Waals surface area contributed by atoms with Gasteiger partial charge in [-0.3, -0.25) is 14.6 Å². The highest BCUT2D eigenvalue weighted by atomic mass is 35.5. The molecule has 0 aliphatic heterocycles. The normalized spacial score (nSPS) is 10.2. The Morgan fingerprint density at radius 3 is 2.61 bits per heavy atom. The zero-order chi connectivity index (χ0) is 16.7. The number of amides is 2. The van der Waals surface area contributed by atoms with E-state index in [0.717, 1.165) is 0 Å². The minimum Gasteiger partial charge on any atom is -0.383 e. The number of hydrogen-bond acceptors (Lipinski definition) is 4. The molecule has 0 bridgehead atoms. The van der Waals surface area contributed by atoms with Gasteiger partial charge in [-0.25, -0.2) is 0 Å². The Morgan fingerprint density at radius 1 is 1.17 bits per heavy atom. The molecule has 2 amide bonds. The molecule has 1 heterocycles. The molecule has 2 aromatic rings. The minimum absolute atomic E-state index is 0.171. The van der Waals surface area contributed by atoms with Gasteiger partial charge >= 0.3 is 0 Å². The molecule has 0 spiro atoms. The van der Waals surface area contributed by atoms with Crippen molar-refractivity contribution in [2.24, 2.45) is 0 Å². The Hall–Kier alpha value is -2.44. The fourth-order valence-electron chi connectivity index (χ4n) is 1.79. The third-order valence-electron chi connectivity index (χ3n) is 2.95. The summed E-state index contributed by atoms with van der Waals surface area (Å²) in [5.41, 5.74) is 1.12. The van der Waals surface area contributed by atoms with Gasteiger partial charge in [0.05, 0.1) is 6.61 Å². The number of benzene rings is 1. The SMILES string of the molecule is COCCNC(=O)c1cc(C(=O)Nc2ccc(Cl)cc2)ccn1. The predicted molar refractivity (Wildman–Crippen MR) is 87.9 cm³/mol. The van der Waals surface area contributed by atoms with Crippen LogP contribution in [-0.4, -0.2) is 37.1 Å². The van der Waals surface area contributed by atoms with E-state index in [1.165, 1.54) is 18.3 Å². The summed E-state index contributed by atoms with van der Waals surface area (Å²) in [7, 11) is 1.55. The summed E-state index contributed by atoms with van der Waals surface area (Å²) in [6.45, 7) is 0.778. The lowest BCUT2D eigenvalue weighted by Gasteiger charge is -2.07. The molecule has 0 saturated heterocycles. The quantitative estimate of drug-likeness (QED) is 0.795. The summed E-state index contributed by atoms with van der Waals surface area (Å²) < 4.78 is 4.86. The molecule has 2 rings (SSSR count). The number of ether oxygens (including phenoxy) is 1. The standard InChI is InChI=1S/C16H16ClN3O3/c1-23-9-8-19-16(22)14-10-11(6-7-18-14)15(21)20-13-4-2-12(17)3-5-13/h2-7,10H,8-9H2,1H3,(H,19,22)(H,20,21). The zero-order valence-corrected chi connectivity index (χ0v) is 13.3. The third kappa shape index (κ3) is 5.05. The molecule has 1 aromatic carbocycles. The van der Waals surface area contributed by atoms with Crippen LogP contribution in [0.1, 0.15) is 20.8 Å². The van der Waals surface area contributed by atoms with Crippen molar-refractivity contribution in [1.82, 2.24) is 10.3 Å². The van der Waals surface area contributed by atoms with Gasteiger partial charge in [-0.15, -0.1) is 0 Å². The maximum absolute atomic E-state index is 12.2. The lowest BCUT2D eigenvalue weighted by atomic mass is 10.2. The van der Waals surface area contributed by atoms with Crippen LogP contribution < -0.4 is 10.6 Å². The van der Waals surface area contributed by atoms with Crippen molar-refractivity contribution >= 4 is 29.1 Å². The van der Waals surface area contributed by atoms with Gasteiger partial charge in [-0.2, -0.15) is 0 Å². The van der Waals surface area contributed by atoms with Gasteiger partial charge in [-0.05, 0) is 36.4 Å². The molecule has 120 valence electrons. The van der Waals surface area contributed by atoms with Gasteiger partial charge in [0, 0.05) is 36.1 Å². The van der Waals surface area contributed by atoms with Gasteiger partial charge in [0.1, 0.15) is 5.69 Å². The Morgan fingerprint density at radius 2 is 1.91 bits per heavy atom. The third-order valence-corrected chi connectivity index (χ3v) is 3.20. The molecule has 0 radical (unpaired) electrons. The maximum atomic E-state index is 12.2. The number of nitrogens with zero attached hydrogens (tertiary/aromatic N) is 1. The second-order valence-corrected chi connectivity index (χ2v) is 5.08. The van der Waals surface area contributed by atoms with Gasteiger partial charge in [0.25, 0.3) is 11.8 Å². The second-order valence-electron chi connectivity index (χ2n) is 4.64. The van der Waals surface area contributed by atoms with Crippen LogP contribution in [0.4, 0.5) is 5.69 Å². The first-order valence-electron chi connectivity index (χ1n) is 6.90. The number of hydrogen-bond donors (Lipinski definition) is 2. The molecule has 0 fully saturated rings. The number of pyridine rings is 1. The fraction of sp³-hybridized carbons (Fsp3) is 0.188. The van der Waals surface area contributed by atoms with Gasteiger partial charge in [0.2, 0.25) is 0 Å². The highest BCUT2D eigenvalue weighted by Crippen LogP contribution is 2.14. The molecular weight excluding hydrogens is 318 g/mol. The van der Waals surface area contributed by atoms with E-state index in [1.807, 2.05) is 0 Å². The minimum atomic E-state index is -0.358. The molecule has 0 aliphatic rings. The first-order chi connectivity index (χ1) is 11.1. The van der Waals surface area contributed by atoms with Crippen LogP contribution in [0.3, 0.4) is 0 Å². The summed E-state index contributed by atoms with van der Waals surface area (Å²) in [5, 5.41) is 5.96. The molecule has 1 aromatic heterocycles. The first kappa shape index (κ1) is 16.9. The first-order valence-corrected chi connectivity index (χ1v) is 7.28. The number of nitrogens with one attached hydrogen (secondary N) is 2. The molecule has 7 heteroatoms. The van der Waals surface area contributed by atoms with Crippen molar-refractivity contribution in [2.75, 3.05) is 25.6 Å². The lowest BCUT2D eigenvalue weighted by molar-refractivity contribution is 0.0932. The molecule has 0 unspecified atom stereocenters. The summed E-state index contributed by atoms with van der Waals surface area (Å²) in [4.78, 5) is 28.1. The van der Waals surface area contributed by atoms with Crippen LogP contribution in [-0.2, 0) is 4.74 Å². The molecule has 0 saturated carbocycles. The van der Waals surface area contributed by atoms with E-state index in [2.05, 4.69) is 15.6 Å². The molecule has 0 aliphatic carbocycles. The van der Waals surface area contributed by atoms with Crippen molar-refractivity contribution in [3.05, 3.63) is 58.9 Å². The number of rotatable bonds is 6. The number of carbonyl (C=O) groups excluding carboxylic acids is 2. The lowest BCUT2D eigenvalue weighted by Crippen LogP contribution is -2.28.